The highest BCUT2D eigenvalue weighted by atomic mass is 16.5. The summed E-state index contributed by atoms with van der Waals surface area (Å²) in [5.74, 6) is 1.06. The third-order valence-electron chi connectivity index (χ3n) is 3.65. The zero-order valence-electron chi connectivity index (χ0n) is 12.5. The zero-order chi connectivity index (χ0) is 15.0. The van der Waals surface area contributed by atoms with E-state index in [1.54, 1.807) is 0 Å². The first-order chi connectivity index (χ1) is 9.95. The second-order valence-corrected chi connectivity index (χ2v) is 6.36. The first-order valence-electron chi connectivity index (χ1n) is 7.03. The van der Waals surface area contributed by atoms with Gasteiger partial charge in [0.2, 0.25) is 11.7 Å². The lowest BCUT2D eigenvalue weighted by atomic mass is 9.87. The first-order valence-corrected chi connectivity index (χ1v) is 7.03. The fourth-order valence-electron chi connectivity index (χ4n) is 2.18. The fraction of sp³-hybridized carbons (Fsp3) is 0.294. The van der Waals surface area contributed by atoms with Crippen LogP contribution in [0.5, 0.6) is 0 Å². The minimum atomic E-state index is -0.279. The molecule has 0 unspecified atom stereocenters. The largest absolute Gasteiger partial charge is 0.337 e. The van der Waals surface area contributed by atoms with Crippen LogP contribution in [0.25, 0.3) is 22.2 Å². The van der Waals surface area contributed by atoms with Gasteiger partial charge >= 0.3 is 0 Å². The summed E-state index contributed by atoms with van der Waals surface area (Å²) in [6.45, 7) is 6.16. The van der Waals surface area contributed by atoms with Gasteiger partial charge in [-0.15, -0.1) is 0 Å². The number of aromatic nitrogens is 2. The molecule has 2 aromatic carbocycles. The molecule has 3 rings (SSSR count). The normalized spacial score (nSPS) is 13.5. The third-order valence-corrected chi connectivity index (χ3v) is 3.65. The molecule has 0 aliphatic rings. The second-order valence-electron chi connectivity index (χ2n) is 6.36. The summed E-state index contributed by atoms with van der Waals surface area (Å²) in [6.07, 6.45) is 0. The van der Waals surface area contributed by atoms with E-state index < -0.39 is 0 Å². The van der Waals surface area contributed by atoms with Crippen molar-refractivity contribution < 1.29 is 4.52 Å². The maximum atomic E-state index is 6.16. The summed E-state index contributed by atoms with van der Waals surface area (Å²) in [5.41, 5.74) is 6.97. The Hall–Kier alpha value is -2.20. The van der Waals surface area contributed by atoms with Gasteiger partial charge in [-0.1, -0.05) is 62.3 Å². The van der Waals surface area contributed by atoms with Crippen LogP contribution in [0.1, 0.15) is 32.7 Å². The minimum Gasteiger partial charge on any atom is -0.337 e. The lowest BCUT2D eigenvalue weighted by Gasteiger charge is -2.23. The van der Waals surface area contributed by atoms with E-state index in [0.29, 0.717) is 11.7 Å². The Labute approximate surface area is 124 Å². The molecule has 0 amide bonds. The van der Waals surface area contributed by atoms with Gasteiger partial charge in [-0.2, -0.15) is 4.98 Å². The van der Waals surface area contributed by atoms with E-state index in [1.165, 1.54) is 5.39 Å². The van der Waals surface area contributed by atoms with E-state index >= 15 is 0 Å². The molecule has 1 aromatic heterocycles. The molecule has 1 atom stereocenters. The van der Waals surface area contributed by atoms with Crippen LogP contribution in [0.15, 0.2) is 47.0 Å². The van der Waals surface area contributed by atoms with Gasteiger partial charge in [0.25, 0.3) is 0 Å². The van der Waals surface area contributed by atoms with Crippen molar-refractivity contribution in [2.24, 2.45) is 11.1 Å². The Morgan fingerprint density at radius 1 is 1.05 bits per heavy atom. The smallest absolute Gasteiger partial charge is 0.244 e. The quantitative estimate of drug-likeness (QED) is 0.772. The molecule has 3 aromatic rings. The zero-order valence-corrected chi connectivity index (χ0v) is 12.5. The van der Waals surface area contributed by atoms with E-state index in [0.717, 1.165) is 10.9 Å². The van der Waals surface area contributed by atoms with Gasteiger partial charge in [0, 0.05) is 5.56 Å². The van der Waals surface area contributed by atoms with E-state index in [4.69, 9.17) is 10.3 Å². The number of rotatable bonds is 2. The third kappa shape index (κ3) is 2.67. The molecule has 4 heteroatoms. The number of fused-ring (bicyclic) bond motifs is 1. The van der Waals surface area contributed by atoms with Crippen LogP contribution in [-0.2, 0) is 0 Å². The Balaban J connectivity index is 1.98. The van der Waals surface area contributed by atoms with E-state index in [9.17, 15) is 0 Å². The van der Waals surface area contributed by atoms with E-state index in [-0.39, 0.29) is 11.5 Å². The molecule has 0 saturated heterocycles. The van der Waals surface area contributed by atoms with Crippen molar-refractivity contribution in [2.45, 2.75) is 26.8 Å². The lowest BCUT2D eigenvalue weighted by molar-refractivity contribution is 0.253. The Morgan fingerprint density at radius 3 is 2.48 bits per heavy atom. The lowest BCUT2D eigenvalue weighted by Crippen LogP contribution is -2.26. The van der Waals surface area contributed by atoms with Crippen molar-refractivity contribution in [3.05, 3.63) is 48.4 Å². The van der Waals surface area contributed by atoms with Crippen molar-refractivity contribution in [2.75, 3.05) is 0 Å². The summed E-state index contributed by atoms with van der Waals surface area (Å²) in [4.78, 5) is 4.45. The molecular weight excluding hydrogens is 262 g/mol. The molecule has 2 N–H and O–H groups in total. The first kappa shape index (κ1) is 13.8. The average molecular weight is 281 g/mol. The number of benzene rings is 2. The van der Waals surface area contributed by atoms with Crippen molar-refractivity contribution in [3.63, 3.8) is 0 Å². The summed E-state index contributed by atoms with van der Waals surface area (Å²) < 4.78 is 5.33. The van der Waals surface area contributed by atoms with Crippen LogP contribution in [-0.4, -0.2) is 10.1 Å². The van der Waals surface area contributed by atoms with E-state index in [1.807, 2.05) is 18.2 Å². The van der Waals surface area contributed by atoms with E-state index in [2.05, 4.69) is 55.2 Å². The van der Waals surface area contributed by atoms with Gasteiger partial charge in [0.1, 0.15) is 0 Å². The molecule has 108 valence electrons. The summed E-state index contributed by atoms with van der Waals surface area (Å²) in [7, 11) is 0. The van der Waals surface area contributed by atoms with Crippen LogP contribution in [0, 0.1) is 5.41 Å². The number of nitrogens with two attached hydrogens (primary N) is 1. The molecule has 21 heavy (non-hydrogen) atoms. The predicted octanol–water partition coefficient (Wildman–Crippen LogP) is 3.94. The second kappa shape index (κ2) is 4.97. The molecule has 0 fully saturated rings. The SMILES string of the molecule is CC(C)(C)[C@@H](N)c1nc(-c2ccc3ccccc3c2)no1. The predicted molar refractivity (Wildman–Crippen MR) is 83.6 cm³/mol. The van der Waals surface area contributed by atoms with Gasteiger partial charge < -0.3 is 10.3 Å². The van der Waals surface area contributed by atoms with Crippen molar-refractivity contribution in [3.8, 4) is 11.4 Å². The molecule has 4 nitrogen and oxygen atoms in total. The fourth-order valence-corrected chi connectivity index (χ4v) is 2.18. The maximum absolute atomic E-state index is 6.16. The van der Waals surface area contributed by atoms with Gasteiger partial charge in [-0.05, 0) is 22.3 Å². The van der Waals surface area contributed by atoms with Crippen LogP contribution in [0.4, 0.5) is 0 Å². The van der Waals surface area contributed by atoms with Gasteiger partial charge in [-0.25, -0.2) is 0 Å². The maximum Gasteiger partial charge on any atom is 0.244 e. The summed E-state index contributed by atoms with van der Waals surface area (Å²) in [5, 5.41) is 6.41. The van der Waals surface area contributed by atoms with Crippen LogP contribution < -0.4 is 5.73 Å². The van der Waals surface area contributed by atoms with Gasteiger partial charge in [0.15, 0.2) is 0 Å². The highest BCUT2D eigenvalue weighted by Gasteiger charge is 2.27. The Kier molecular flexibility index (Phi) is 3.26. The molecule has 0 saturated carbocycles. The average Bonchev–Trinajstić information content (AvgIpc) is 2.94. The molecule has 0 bridgehead atoms. The van der Waals surface area contributed by atoms with Crippen LogP contribution >= 0.6 is 0 Å². The van der Waals surface area contributed by atoms with Crippen molar-refractivity contribution in [1.82, 2.24) is 10.1 Å². The van der Waals surface area contributed by atoms with Crippen LogP contribution in [0.2, 0.25) is 0 Å². The Bertz CT molecular complexity index is 771. The molecular formula is C17H19N3O. The van der Waals surface area contributed by atoms with Crippen molar-refractivity contribution in [1.29, 1.82) is 0 Å². The number of hydrogen-bond donors (Lipinski definition) is 1. The highest BCUT2D eigenvalue weighted by Crippen LogP contribution is 2.30. The standard InChI is InChI=1S/C17H19N3O/c1-17(2,3)14(18)16-19-15(20-21-16)13-9-8-11-6-4-5-7-12(11)10-13/h4-10,14H,18H2,1-3H3/t14-/m0/s1. The molecule has 0 radical (unpaired) electrons. The number of hydrogen-bond acceptors (Lipinski definition) is 4. The number of nitrogens with zero attached hydrogens (tertiary/aromatic N) is 2. The minimum absolute atomic E-state index is 0.118. The monoisotopic (exact) mass is 281 g/mol. The van der Waals surface area contributed by atoms with Crippen LogP contribution in [0.3, 0.4) is 0 Å². The molecule has 1 heterocycles. The van der Waals surface area contributed by atoms with Gasteiger partial charge in [-0.3, -0.25) is 0 Å². The van der Waals surface area contributed by atoms with Gasteiger partial charge in [0.05, 0.1) is 6.04 Å². The molecule has 0 aliphatic carbocycles. The van der Waals surface area contributed by atoms with Crippen molar-refractivity contribution >= 4 is 10.8 Å². The summed E-state index contributed by atoms with van der Waals surface area (Å²) >= 11 is 0. The highest BCUT2D eigenvalue weighted by molar-refractivity contribution is 5.86. The molecule has 0 aliphatic heterocycles. The topological polar surface area (TPSA) is 64.9 Å². The Morgan fingerprint density at radius 2 is 1.76 bits per heavy atom. The molecule has 0 spiro atoms. The summed E-state index contributed by atoms with van der Waals surface area (Å²) in [6, 6.07) is 14.0.